The van der Waals surface area contributed by atoms with Crippen LogP contribution in [0.1, 0.15) is 11.1 Å². The molecule has 5 rings (SSSR count). The molecule has 0 spiro atoms. The highest BCUT2D eigenvalue weighted by molar-refractivity contribution is 9.10. The van der Waals surface area contributed by atoms with Gasteiger partial charge in [0, 0.05) is 23.3 Å². The minimum Gasteiger partial charge on any atom is -0.436 e. The minimum atomic E-state index is -0.369. The molecular weight excluding hydrogens is 470 g/mol. The molecule has 0 atom stereocenters. The van der Waals surface area contributed by atoms with E-state index in [0.29, 0.717) is 5.89 Å². The van der Waals surface area contributed by atoms with Crippen molar-refractivity contribution in [3.63, 3.8) is 0 Å². The lowest BCUT2D eigenvalue weighted by molar-refractivity contribution is -0.596. The Hall–Kier alpha value is -3.78. The van der Waals surface area contributed by atoms with E-state index in [9.17, 15) is 4.79 Å². The van der Waals surface area contributed by atoms with E-state index in [2.05, 4.69) is 31.1 Å². The predicted molar refractivity (Wildman–Crippen MR) is 124 cm³/mol. The summed E-state index contributed by atoms with van der Waals surface area (Å²) in [6.07, 6.45) is 5.73. The van der Waals surface area contributed by atoms with E-state index in [-0.39, 0.29) is 12.3 Å². The van der Waals surface area contributed by atoms with E-state index in [0.717, 1.165) is 49.2 Å². The maximum absolute atomic E-state index is 11.3. The van der Waals surface area contributed by atoms with Crippen LogP contribution in [0.25, 0.3) is 39.5 Å². The Labute approximate surface area is 192 Å². The normalized spacial score (nSPS) is 11.2. The molecule has 0 aliphatic rings. The first-order valence-electron chi connectivity index (χ1n) is 9.97. The van der Waals surface area contributed by atoms with Crippen LogP contribution < -0.4 is 10.3 Å². The quantitative estimate of drug-likeness (QED) is 0.360. The monoisotopic (exact) mass is 488 g/mol. The lowest BCUT2D eigenvalue weighted by atomic mass is 10.1. The number of primary amides is 1. The molecule has 0 bridgehead atoms. The number of nitrogens with one attached hydrogen (secondary N) is 1. The zero-order chi connectivity index (χ0) is 22.2. The molecule has 2 aromatic carbocycles. The summed E-state index contributed by atoms with van der Waals surface area (Å²) in [5, 5.41) is 7.27. The average molecular weight is 489 g/mol. The Morgan fingerprint density at radius 3 is 2.75 bits per heavy atom. The number of rotatable bonds is 5. The highest BCUT2D eigenvalue weighted by Crippen LogP contribution is 2.32. The lowest BCUT2D eigenvalue weighted by Crippen LogP contribution is -2.31. The number of oxazole rings is 1. The topological polar surface area (TPSA) is 102 Å². The average Bonchev–Trinajstić information content (AvgIpc) is 3.39. The molecule has 0 unspecified atom stereocenters. The number of aromatic amines is 1. The van der Waals surface area contributed by atoms with Crippen molar-refractivity contribution < 1.29 is 13.8 Å². The number of H-pyrrole nitrogens is 1. The number of nitrogens with zero attached hydrogens (tertiary/aromatic N) is 3. The van der Waals surface area contributed by atoms with Crippen LogP contribution in [0.3, 0.4) is 0 Å². The van der Waals surface area contributed by atoms with Crippen molar-refractivity contribution in [2.45, 2.75) is 13.3 Å². The van der Waals surface area contributed by atoms with Crippen LogP contribution in [0.2, 0.25) is 0 Å². The maximum atomic E-state index is 11.3. The maximum Gasteiger partial charge on any atom is 0.231 e. The molecule has 3 N–H and O–H groups in total. The van der Waals surface area contributed by atoms with Crippen molar-refractivity contribution >= 4 is 32.9 Å². The van der Waals surface area contributed by atoms with Crippen LogP contribution in [0.4, 0.5) is 0 Å². The van der Waals surface area contributed by atoms with Gasteiger partial charge in [0.25, 0.3) is 0 Å². The van der Waals surface area contributed by atoms with Crippen LogP contribution in [-0.4, -0.2) is 21.1 Å². The SMILES string of the molecule is Cc1ccc2oc(-c3cn[nH]c3-c3ccc(-[n+]4cc(Br)cc(CC(N)=O)c4)cc3)nc2c1. The van der Waals surface area contributed by atoms with Gasteiger partial charge in [0.05, 0.1) is 28.3 Å². The van der Waals surface area contributed by atoms with Crippen molar-refractivity contribution in [1.82, 2.24) is 15.2 Å². The van der Waals surface area contributed by atoms with Gasteiger partial charge in [-0.2, -0.15) is 9.67 Å². The number of aryl methyl sites for hydroxylation is 1. The summed E-state index contributed by atoms with van der Waals surface area (Å²) in [5.74, 6) is 0.155. The number of hydrogen-bond acceptors (Lipinski definition) is 4. The molecule has 0 fully saturated rings. The standard InChI is InChI=1S/C24H18BrN5O2/c1-14-2-7-21-20(8-14)28-24(32-21)19-11-27-29-23(19)16-3-5-18(6-4-16)30-12-15(10-22(26)31)9-17(25)13-30/h2-9,11-13H,10H2,1H3,(H2-,26,27,28,29,31)/p+1. The number of hydrogen-bond donors (Lipinski definition) is 2. The Morgan fingerprint density at radius 2 is 1.97 bits per heavy atom. The molecule has 0 saturated carbocycles. The van der Waals surface area contributed by atoms with Gasteiger partial charge >= 0.3 is 0 Å². The summed E-state index contributed by atoms with van der Waals surface area (Å²) in [6.45, 7) is 2.03. The van der Waals surface area contributed by atoms with Crippen LogP contribution >= 0.6 is 15.9 Å². The zero-order valence-electron chi connectivity index (χ0n) is 17.2. The van der Waals surface area contributed by atoms with Gasteiger partial charge in [0.15, 0.2) is 18.0 Å². The zero-order valence-corrected chi connectivity index (χ0v) is 18.8. The number of benzene rings is 2. The van der Waals surface area contributed by atoms with Crippen molar-refractivity contribution in [3.8, 4) is 28.4 Å². The molecule has 7 nitrogen and oxygen atoms in total. The van der Waals surface area contributed by atoms with Gasteiger partial charge in [0.2, 0.25) is 17.5 Å². The van der Waals surface area contributed by atoms with E-state index in [1.165, 1.54) is 0 Å². The van der Waals surface area contributed by atoms with Gasteiger partial charge in [-0.15, -0.1) is 0 Å². The van der Waals surface area contributed by atoms with Crippen molar-refractivity contribution in [2.24, 2.45) is 5.73 Å². The Bertz CT molecular complexity index is 1450. The Balaban J connectivity index is 1.49. The predicted octanol–water partition coefficient (Wildman–Crippen LogP) is 4.26. The van der Waals surface area contributed by atoms with Gasteiger partial charge in [-0.25, -0.2) is 4.98 Å². The van der Waals surface area contributed by atoms with E-state index < -0.39 is 0 Å². The Kier molecular flexibility index (Phi) is 5.07. The fourth-order valence-electron chi connectivity index (χ4n) is 3.67. The number of fused-ring (bicyclic) bond motifs is 1. The summed E-state index contributed by atoms with van der Waals surface area (Å²) in [4.78, 5) is 15.9. The minimum absolute atomic E-state index is 0.180. The van der Waals surface area contributed by atoms with Gasteiger partial charge in [-0.05, 0) is 58.7 Å². The van der Waals surface area contributed by atoms with Crippen LogP contribution in [0.15, 0.2) is 76.0 Å². The lowest BCUT2D eigenvalue weighted by Gasteiger charge is -2.03. The van der Waals surface area contributed by atoms with Crippen molar-refractivity contribution in [1.29, 1.82) is 0 Å². The van der Waals surface area contributed by atoms with Gasteiger partial charge in [0.1, 0.15) is 5.52 Å². The molecule has 5 aromatic rings. The van der Waals surface area contributed by atoms with E-state index in [1.54, 1.807) is 6.20 Å². The van der Waals surface area contributed by atoms with Gasteiger partial charge in [-0.3, -0.25) is 9.89 Å². The van der Waals surface area contributed by atoms with Crippen LogP contribution in [0.5, 0.6) is 0 Å². The fraction of sp³-hybridized carbons (Fsp3) is 0.0833. The molecule has 0 radical (unpaired) electrons. The first-order valence-corrected chi connectivity index (χ1v) is 10.8. The fourth-order valence-corrected chi connectivity index (χ4v) is 4.18. The molecular formula is C24H19BrN5O2+. The summed E-state index contributed by atoms with van der Waals surface area (Å²) in [5.41, 5.74) is 12.4. The molecule has 0 aliphatic carbocycles. The molecule has 3 heterocycles. The second kappa shape index (κ2) is 8.05. The van der Waals surface area contributed by atoms with Crippen LogP contribution in [-0.2, 0) is 11.2 Å². The molecule has 1 amide bonds. The van der Waals surface area contributed by atoms with E-state index in [4.69, 9.17) is 10.2 Å². The van der Waals surface area contributed by atoms with Crippen molar-refractivity contribution in [2.75, 3.05) is 0 Å². The summed E-state index contributed by atoms with van der Waals surface area (Å²) >= 11 is 3.50. The second-order valence-electron chi connectivity index (χ2n) is 7.61. The third kappa shape index (κ3) is 3.92. The summed E-state index contributed by atoms with van der Waals surface area (Å²) in [7, 11) is 0. The molecule has 0 saturated heterocycles. The highest BCUT2D eigenvalue weighted by Gasteiger charge is 2.17. The van der Waals surface area contributed by atoms with Gasteiger partial charge < -0.3 is 10.2 Å². The van der Waals surface area contributed by atoms with Crippen molar-refractivity contribution in [3.05, 3.63) is 82.7 Å². The highest BCUT2D eigenvalue weighted by atomic mass is 79.9. The molecule has 3 aromatic heterocycles. The number of halogens is 1. The number of amides is 1. The van der Waals surface area contributed by atoms with Crippen LogP contribution in [0, 0.1) is 6.92 Å². The number of nitrogens with two attached hydrogens (primary N) is 1. The third-order valence-corrected chi connectivity index (χ3v) is 5.57. The number of pyridine rings is 1. The number of carbonyl (C=O) groups excluding carboxylic acids is 1. The first kappa shape index (κ1) is 20.1. The third-order valence-electron chi connectivity index (χ3n) is 5.14. The van der Waals surface area contributed by atoms with Gasteiger partial charge in [-0.1, -0.05) is 6.07 Å². The summed E-state index contributed by atoms with van der Waals surface area (Å²) < 4.78 is 8.77. The largest absolute Gasteiger partial charge is 0.436 e. The Morgan fingerprint density at radius 1 is 1.16 bits per heavy atom. The number of carbonyl (C=O) groups is 1. The molecule has 32 heavy (non-hydrogen) atoms. The smallest absolute Gasteiger partial charge is 0.231 e. The molecule has 158 valence electrons. The van der Waals surface area contributed by atoms with E-state index in [1.807, 2.05) is 72.4 Å². The number of aromatic nitrogens is 4. The molecule has 8 heteroatoms. The summed E-state index contributed by atoms with van der Waals surface area (Å²) in [6, 6.07) is 15.8. The van der Waals surface area contributed by atoms with E-state index >= 15 is 0 Å². The molecule has 0 aliphatic heterocycles. The first-order chi connectivity index (χ1) is 15.5. The second-order valence-corrected chi connectivity index (χ2v) is 8.52.